The summed E-state index contributed by atoms with van der Waals surface area (Å²) in [5, 5.41) is 4.00. The second-order valence-corrected chi connectivity index (χ2v) is 4.02. The maximum absolute atomic E-state index is 5.83. The first-order valence-electron chi connectivity index (χ1n) is 3.81. The average Bonchev–Trinajstić information content (AvgIpc) is 1.93. The second-order valence-electron chi connectivity index (χ2n) is 2.83. The van der Waals surface area contributed by atoms with Crippen molar-refractivity contribution in [3.63, 3.8) is 0 Å². The van der Waals surface area contributed by atoms with Gasteiger partial charge in [0.25, 0.3) is 0 Å². The van der Waals surface area contributed by atoms with Gasteiger partial charge in [-0.1, -0.05) is 11.6 Å². The van der Waals surface area contributed by atoms with Crippen molar-refractivity contribution in [2.24, 2.45) is 0 Å². The van der Waals surface area contributed by atoms with E-state index in [4.69, 9.17) is 11.6 Å². The monoisotopic (exact) mass is 246 g/mol. The Morgan fingerprint density at radius 2 is 2.42 bits per heavy atom. The largest absolute Gasteiger partial charge is 0.310 e. The highest BCUT2D eigenvalue weighted by Crippen LogP contribution is 2.29. The number of nitrogens with zero attached hydrogens (tertiary/aromatic N) is 1. The molecule has 1 N–H and O–H groups in total. The zero-order chi connectivity index (χ0) is 8.55. The summed E-state index contributed by atoms with van der Waals surface area (Å²) in [6, 6.07) is 2.39. The quantitative estimate of drug-likeness (QED) is 0.772. The fraction of sp³-hybridized carbons (Fsp3) is 0.375. The summed E-state index contributed by atoms with van der Waals surface area (Å²) in [5.41, 5.74) is 1.16. The number of aromatic nitrogens is 1. The van der Waals surface area contributed by atoms with Crippen molar-refractivity contribution in [1.29, 1.82) is 0 Å². The fourth-order valence-corrected chi connectivity index (χ4v) is 1.90. The number of hydrogen-bond acceptors (Lipinski definition) is 2. The van der Waals surface area contributed by atoms with E-state index in [1.807, 2.05) is 6.07 Å². The van der Waals surface area contributed by atoms with Gasteiger partial charge in [-0.15, -0.1) is 0 Å². The lowest BCUT2D eigenvalue weighted by atomic mass is 10.00. The van der Waals surface area contributed by atoms with Crippen LogP contribution >= 0.6 is 27.5 Å². The minimum absolute atomic E-state index is 0.436. The summed E-state index contributed by atoms with van der Waals surface area (Å²) >= 11 is 9.23. The van der Waals surface area contributed by atoms with E-state index in [2.05, 4.69) is 26.2 Å². The van der Waals surface area contributed by atoms with Crippen LogP contribution in [0.3, 0.4) is 0 Å². The van der Waals surface area contributed by atoms with Gasteiger partial charge in [0.2, 0.25) is 0 Å². The maximum atomic E-state index is 5.83. The van der Waals surface area contributed by atoms with Gasteiger partial charge < -0.3 is 5.32 Å². The molecule has 4 heteroatoms. The minimum Gasteiger partial charge on any atom is -0.310 e. The molecule has 0 aromatic carbocycles. The van der Waals surface area contributed by atoms with E-state index in [0.717, 1.165) is 16.7 Å². The van der Waals surface area contributed by atoms with Crippen LogP contribution in [0.25, 0.3) is 0 Å². The topological polar surface area (TPSA) is 24.9 Å². The minimum atomic E-state index is 0.436. The predicted molar refractivity (Wildman–Crippen MR) is 52.3 cm³/mol. The Morgan fingerprint density at radius 3 is 3.00 bits per heavy atom. The molecule has 1 fully saturated rings. The van der Waals surface area contributed by atoms with Crippen molar-refractivity contribution in [3.05, 3.63) is 27.5 Å². The molecule has 1 aromatic heterocycles. The van der Waals surface area contributed by atoms with E-state index >= 15 is 0 Å². The normalized spacial score (nSPS) is 22.0. The molecule has 0 unspecified atom stereocenters. The van der Waals surface area contributed by atoms with Crippen molar-refractivity contribution < 1.29 is 0 Å². The van der Waals surface area contributed by atoms with Crippen LogP contribution in [0.2, 0.25) is 5.02 Å². The molecule has 0 amide bonds. The SMILES string of the molecule is Clc1cnc(Br)c([C@H]2CCN2)c1. The molecule has 0 spiro atoms. The van der Waals surface area contributed by atoms with Crippen LogP contribution in [0, 0.1) is 0 Å². The molecule has 0 aliphatic carbocycles. The summed E-state index contributed by atoms with van der Waals surface area (Å²) < 4.78 is 0.893. The van der Waals surface area contributed by atoms with Gasteiger partial charge in [-0.2, -0.15) is 0 Å². The molecule has 1 saturated heterocycles. The van der Waals surface area contributed by atoms with E-state index in [1.54, 1.807) is 6.20 Å². The molecule has 2 heterocycles. The van der Waals surface area contributed by atoms with E-state index in [1.165, 1.54) is 6.42 Å². The Hall–Kier alpha value is -0.120. The number of hydrogen-bond donors (Lipinski definition) is 1. The van der Waals surface area contributed by atoms with Crippen LogP contribution < -0.4 is 5.32 Å². The molecule has 1 aliphatic rings. The molecule has 0 saturated carbocycles. The fourth-order valence-electron chi connectivity index (χ4n) is 1.24. The van der Waals surface area contributed by atoms with Gasteiger partial charge in [0, 0.05) is 17.8 Å². The zero-order valence-corrected chi connectivity index (χ0v) is 8.69. The van der Waals surface area contributed by atoms with Crippen LogP contribution in [0.5, 0.6) is 0 Å². The molecular formula is C8H8BrClN2. The Kier molecular flexibility index (Phi) is 2.35. The number of halogens is 2. The van der Waals surface area contributed by atoms with Crippen molar-refractivity contribution in [2.45, 2.75) is 12.5 Å². The summed E-state index contributed by atoms with van der Waals surface area (Å²) in [4.78, 5) is 4.13. The highest BCUT2D eigenvalue weighted by Gasteiger charge is 2.21. The second kappa shape index (κ2) is 3.32. The van der Waals surface area contributed by atoms with Crippen molar-refractivity contribution >= 4 is 27.5 Å². The van der Waals surface area contributed by atoms with Gasteiger partial charge in [0.05, 0.1) is 5.02 Å². The Morgan fingerprint density at radius 1 is 1.67 bits per heavy atom. The molecule has 1 aromatic rings. The van der Waals surface area contributed by atoms with Crippen LogP contribution in [0.4, 0.5) is 0 Å². The highest BCUT2D eigenvalue weighted by atomic mass is 79.9. The molecule has 1 aliphatic heterocycles. The lowest BCUT2D eigenvalue weighted by Gasteiger charge is -2.28. The zero-order valence-electron chi connectivity index (χ0n) is 6.35. The Bertz CT molecular complexity index is 299. The van der Waals surface area contributed by atoms with E-state index < -0.39 is 0 Å². The first-order valence-corrected chi connectivity index (χ1v) is 4.99. The van der Waals surface area contributed by atoms with Crippen LogP contribution in [0.15, 0.2) is 16.9 Å². The third-order valence-corrected chi connectivity index (χ3v) is 2.90. The molecule has 1 atom stereocenters. The lowest BCUT2D eigenvalue weighted by Crippen LogP contribution is -2.35. The molecule has 0 radical (unpaired) electrons. The first kappa shape index (κ1) is 8.48. The van der Waals surface area contributed by atoms with Crippen molar-refractivity contribution in [2.75, 3.05) is 6.54 Å². The third kappa shape index (κ3) is 1.49. The Labute approximate surface area is 84.5 Å². The maximum Gasteiger partial charge on any atom is 0.110 e. The van der Waals surface area contributed by atoms with Gasteiger partial charge in [-0.05, 0) is 35.0 Å². The first-order chi connectivity index (χ1) is 5.77. The van der Waals surface area contributed by atoms with Gasteiger partial charge in [0.15, 0.2) is 0 Å². The molecule has 0 bridgehead atoms. The van der Waals surface area contributed by atoms with E-state index in [0.29, 0.717) is 11.1 Å². The van der Waals surface area contributed by atoms with E-state index in [-0.39, 0.29) is 0 Å². The summed E-state index contributed by atoms with van der Waals surface area (Å²) in [7, 11) is 0. The molecule has 2 nitrogen and oxygen atoms in total. The van der Waals surface area contributed by atoms with Gasteiger partial charge in [-0.3, -0.25) is 0 Å². The van der Waals surface area contributed by atoms with E-state index in [9.17, 15) is 0 Å². The van der Waals surface area contributed by atoms with Crippen LogP contribution in [-0.2, 0) is 0 Å². The van der Waals surface area contributed by atoms with Crippen LogP contribution in [0.1, 0.15) is 18.0 Å². The summed E-state index contributed by atoms with van der Waals surface area (Å²) in [5.74, 6) is 0. The summed E-state index contributed by atoms with van der Waals surface area (Å²) in [6.07, 6.45) is 2.81. The van der Waals surface area contributed by atoms with Crippen molar-refractivity contribution in [3.8, 4) is 0 Å². The predicted octanol–water partition coefficient (Wildman–Crippen LogP) is 2.53. The van der Waals surface area contributed by atoms with Gasteiger partial charge in [0.1, 0.15) is 4.60 Å². The van der Waals surface area contributed by atoms with Gasteiger partial charge in [-0.25, -0.2) is 4.98 Å². The van der Waals surface area contributed by atoms with Crippen LogP contribution in [-0.4, -0.2) is 11.5 Å². The number of rotatable bonds is 1. The molecule has 2 rings (SSSR count). The van der Waals surface area contributed by atoms with Crippen molar-refractivity contribution in [1.82, 2.24) is 10.3 Å². The number of nitrogens with one attached hydrogen (secondary N) is 1. The van der Waals surface area contributed by atoms with Gasteiger partial charge >= 0.3 is 0 Å². The smallest absolute Gasteiger partial charge is 0.110 e. The molecular weight excluding hydrogens is 239 g/mol. The lowest BCUT2D eigenvalue weighted by molar-refractivity contribution is 0.381. The summed E-state index contributed by atoms with van der Waals surface area (Å²) in [6.45, 7) is 1.09. The molecule has 64 valence electrons. The Balaban J connectivity index is 2.34. The highest BCUT2D eigenvalue weighted by molar-refractivity contribution is 9.10. The third-order valence-electron chi connectivity index (χ3n) is 2.03. The standard InChI is InChI=1S/C8H8BrClN2/c9-8-6(7-1-2-11-7)3-5(10)4-12-8/h3-4,7,11H,1-2H2/t7-/m1/s1. The number of pyridine rings is 1. The average molecular weight is 248 g/mol. The molecule has 12 heavy (non-hydrogen) atoms.